The minimum absolute atomic E-state index is 0.229. The summed E-state index contributed by atoms with van der Waals surface area (Å²) in [6.45, 7) is 0. The highest BCUT2D eigenvalue weighted by atomic mass is 19.3. The lowest BCUT2D eigenvalue weighted by Gasteiger charge is -2.32. The van der Waals surface area contributed by atoms with Crippen LogP contribution in [0.15, 0.2) is 24.3 Å². The van der Waals surface area contributed by atoms with Crippen molar-refractivity contribution in [2.45, 2.75) is 37.6 Å². The third-order valence-electron chi connectivity index (χ3n) is 4.40. The van der Waals surface area contributed by atoms with Gasteiger partial charge in [-0.2, -0.15) is 8.78 Å². The number of amides is 2. The molecule has 0 spiro atoms. The van der Waals surface area contributed by atoms with E-state index in [4.69, 9.17) is 4.74 Å². The molecule has 0 saturated heterocycles. The van der Waals surface area contributed by atoms with Gasteiger partial charge in [-0.15, -0.1) is 0 Å². The highest BCUT2D eigenvalue weighted by molar-refractivity contribution is 5.86. The van der Waals surface area contributed by atoms with Gasteiger partial charge in [0.05, 0.1) is 13.0 Å². The highest BCUT2D eigenvalue weighted by Gasteiger charge is 2.43. The summed E-state index contributed by atoms with van der Waals surface area (Å²) in [7, 11) is 2.93. The maximum atomic E-state index is 14.4. The van der Waals surface area contributed by atoms with Crippen LogP contribution in [0.5, 0.6) is 5.75 Å². The van der Waals surface area contributed by atoms with Crippen molar-refractivity contribution >= 4 is 11.8 Å². The SMILES string of the molecule is CNC(=O)[C@@H]1CCCC[C@@H]1NC(=O)C(F)(F)c1ccc(OC)cc1. The van der Waals surface area contributed by atoms with E-state index in [9.17, 15) is 18.4 Å². The Balaban J connectivity index is 2.12. The van der Waals surface area contributed by atoms with Crippen LogP contribution >= 0.6 is 0 Å². The zero-order valence-corrected chi connectivity index (χ0v) is 13.8. The van der Waals surface area contributed by atoms with E-state index in [1.165, 1.54) is 26.3 Å². The number of nitrogens with one attached hydrogen (secondary N) is 2. The Morgan fingerprint density at radius 1 is 1.17 bits per heavy atom. The number of benzene rings is 1. The lowest BCUT2D eigenvalue weighted by atomic mass is 9.83. The molecule has 2 atom stereocenters. The van der Waals surface area contributed by atoms with Crippen LogP contribution in [0.25, 0.3) is 0 Å². The van der Waals surface area contributed by atoms with Gasteiger partial charge in [-0.25, -0.2) is 0 Å². The fourth-order valence-electron chi connectivity index (χ4n) is 2.99. The molecular formula is C17H22F2N2O3. The molecule has 1 aromatic rings. The molecule has 7 heteroatoms. The quantitative estimate of drug-likeness (QED) is 0.864. The normalized spacial score (nSPS) is 21.0. The van der Waals surface area contributed by atoms with Gasteiger partial charge in [-0.05, 0) is 37.1 Å². The molecule has 1 fully saturated rings. The number of hydrogen-bond donors (Lipinski definition) is 2. The zero-order valence-electron chi connectivity index (χ0n) is 13.8. The van der Waals surface area contributed by atoms with Crippen molar-refractivity contribution in [2.24, 2.45) is 5.92 Å². The topological polar surface area (TPSA) is 67.4 Å². The maximum Gasteiger partial charge on any atom is 0.349 e. The molecule has 5 nitrogen and oxygen atoms in total. The van der Waals surface area contributed by atoms with Gasteiger partial charge in [0, 0.05) is 18.7 Å². The molecule has 2 rings (SSSR count). The molecule has 2 amide bonds. The van der Waals surface area contributed by atoms with E-state index < -0.39 is 29.4 Å². The maximum absolute atomic E-state index is 14.4. The van der Waals surface area contributed by atoms with E-state index in [0.29, 0.717) is 18.6 Å². The predicted octanol–water partition coefficient (Wildman–Crippen LogP) is 2.21. The Morgan fingerprint density at radius 3 is 2.38 bits per heavy atom. The molecule has 0 unspecified atom stereocenters. The van der Waals surface area contributed by atoms with Crippen LogP contribution in [0.3, 0.4) is 0 Å². The number of halogens is 2. The van der Waals surface area contributed by atoms with E-state index in [1.54, 1.807) is 0 Å². The molecule has 1 aromatic carbocycles. The second-order valence-electron chi connectivity index (χ2n) is 5.89. The average molecular weight is 340 g/mol. The number of carbonyl (C=O) groups excluding carboxylic acids is 2. The van der Waals surface area contributed by atoms with Gasteiger partial charge in [0.25, 0.3) is 5.91 Å². The largest absolute Gasteiger partial charge is 0.497 e. The van der Waals surface area contributed by atoms with Crippen LogP contribution in [0, 0.1) is 5.92 Å². The standard InChI is InChI=1S/C17H22F2N2O3/c1-20-15(22)13-5-3-4-6-14(13)21-16(23)17(18,19)11-7-9-12(24-2)10-8-11/h7-10,13-14H,3-6H2,1-2H3,(H,20,22)(H,21,23)/t13-,14+/m1/s1. The van der Waals surface area contributed by atoms with Gasteiger partial charge in [0.1, 0.15) is 5.75 Å². The number of rotatable bonds is 5. The Morgan fingerprint density at radius 2 is 1.79 bits per heavy atom. The van der Waals surface area contributed by atoms with E-state index in [2.05, 4.69) is 10.6 Å². The summed E-state index contributed by atoms with van der Waals surface area (Å²) in [5.74, 6) is -5.32. The van der Waals surface area contributed by atoms with Crippen LogP contribution < -0.4 is 15.4 Å². The number of hydrogen-bond acceptors (Lipinski definition) is 3. The second-order valence-corrected chi connectivity index (χ2v) is 5.89. The van der Waals surface area contributed by atoms with E-state index >= 15 is 0 Å². The second kappa shape index (κ2) is 7.59. The van der Waals surface area contributed by atoms with Crippen LogP contribution in [0.2, 0.25) is 0 Å². The lowest BCUT2D eigenvalue weighted by molar-refractivity contribution is -0.149. The van der Waals surface area contributed by atoms with Crippen LogP contribution in [-0.2, 0) is 15.5 Å². The first-order valence-corrected chi connectivity index (χ1v) is 7.95. The van der Waals surface area contributed by atoms with Crippen molar-refractivity contribution in [2.75, 3.05) is 14.2 Å². The summed E-state index contributed by atoms with van der Waals surface area (Å²) in [6, 6.07) is 4.51. The predicted molar refractivity (Wildman–Crippen MR) is 84.8 cm³/mol. The smallest absolute Gasteiger partial charge is 0.349 e. The van der Waals surface area contributed by atoms with Gasteiger partial charge >= 0.3 is 5.92 Å². The molecule has 0 bridgehead atoms. The third-order valence-corrected chi connectivity index (χ3v) is 4.40. The average Bonchev–Trinajstić information content (AvgIpc) is 2.61. The van der Waals surface area contributed by atoms with Crippen LogP contribution in [-0.4, -0.2) is 32.0 Å². The molecule has 132 valence electrons. The Kier molecular flexibility index (Phi) is 5.75. The van der Waals surface area contributed by atoms with E-state index in [1.807, 2.05) is 0 Å². The number of carbonyl (C=O) groups is 2. The molecule has 2 N–H and O–H groups in total. The first-order chi connectivity index (χ1) is 11.4. The molecule has 24 heavy (non-hydrogen) atoms. The molecule has 0 aliphatic heterocycles. The molecule has 0 aromatic heterocycles. The monoisotopic (exact) mass is 340 g/mol. The minimum atomic E-state index is -3.67. The number of ether oxygens (including phenoxy) is 1. The van der Waals surface area contributed by atoms with Gasteiger partial charge in [-0.3, -0.25) is 9.59 Å². The summed E-state index contributed by atoms with van der Waals surface area (Å²) >= 11 is 0. The fraction of sp³-hybridized carbons (Fsp3) is 0.529. The van der Waals surface area contributed by atoms with Gasteiger partial charge < -0.3 is 15.4 Å². The van der Waals surface area contributed by atoms with Gasteiger partial charge in [0.2, 0.25) is 5.91 Å². The molecule has 1 aliphatic carbocycles. The Hall–Kier alpha value is -2.18. The first-order valence-electron chi connectivity index (χ1n) is 7.95. The first kappa shape index (κ1) is 18.2. The Labute approximate surface area is 139 Å². The molecule has 1 saturated carbocycles. The number of methoxy groups -OCH3 is 1. The summed E-state index contributed by atoms with van der Waals surface area (Å²) in [4.78, 5) is 24.0. The molecular weight excluding hydrogens is 318 g/mol. The fourth-order valence-corrected chi connectivity index (χ4v) is 2.99. The van der Waals surface area contributed by atoms with Crippen LogP contribution in [0.1, 0.15) is 31.2 Å². The van der Waals surface area contributed by atoms with Crippen LogP contribution in [0.4, 0.5) is 8.78 Å². The van der Waals surface area contributed by atoms with Crippen molar-refractivity contribution in [1.29, 1.82) is 0 Å². The Bertz CT molecular complexity index is 590. The van der Waals surface area contributed by atoms with Crippen molar-refractivity contribution in [3.05, 3.63) is 29.8 Å². The highest BCUT2D eigenvalue weighted by Crippen LogP contribution is 2.31. The van der Waals surface area contributed by atoms with Gasteiger partial charge in [-0.1, -0.05) is 12.8 Å². The lowest BCUT2D eigenvalue weighted by Crippen LogP contribution is -2.51. The van der Waals surface area contributed by atoms with E-state index in [0.717, 1.165) is 25.0 Å². The summed E-state index contributed by atoms with van der Waals surface area (Å²) in [5.41, 5.74) is -0.409. The third kappa shape index (κ3) is 3.83. The number of alkyl halides is 2. The summed E-state index contributed by atoms with van der Waals surface area (Å²) < 4.78 is 33.7. The van der Waals surface area contributed by atoms with Crippen molar-refractivity contribution < 1.29 is 23.1 Å². The van der Waals surface area contributed by atoms with Crippen molar-refractivity contribution in [3.63, 3.8) is 0 Å². The van der Waals surface area contributed by atoms with Crippen molar-refractivity contribution in [1.82, 2.24) is 10.6 Å². The van der Waals surface area contributed by atoms with E-state index in [-0.39, 0.29) is 5.91 Å². The molecule has 0 radical (unpaired) electrons. The summed E-state index contributed by atoms with van der Waals surface area (Å²) in [5, 5.41) is 4.90. The van der Waals surface area contributed by atoms with Gasteiger partial charge in [0.15, 0.2) is 0 Å². The molecule has 1 aliphatic rings. The summed E-state index contributed by atoms with van der Waals surface area (Å²) in [6.07, 6.45) is 2.74. The zero-order chi connectivity index (χ0) is 17.7. The molecule has 0 heterocycles. The minimum Gasteiger partial charge on any atom is -0.497 e. The van der Waals surface area contributed by atoms with Crippen molar-refractivity contribution in [3.8, 4) is 5.75 Å².